The van der Waals surface area contributed by atoms with Gasteiger partial charge in [0.05, 0.1) is 19.8 Å². The van der Waals surface area contributed by atoms with Crippen molar-refractivity contribution in [2.24, 2.45) is 0 Å². The molecule has 0 aromatic rings. The molecule has 0 spiro atoms. The number of ether oxygens (including phenoxy) is 4. The van der Waals surface area contributed by atoms with Crippen molar-refractivity contribution in [2.75, 3.05) is 26.4 Å². The molecule has 13 heteroatoms. The summed E-state index contributed by atoms with van der Waals surface area (Å²) in [4.78, 5) is 12.8. The van der Waals surface area contributed by atoms with Gasteiger partial charge in [0.1, 0.15) is 30.5 Å². The van der Waals surface area contributed by atoms with E-state index >= 15 is 0 Å². The molecule has 12 nitrogen and oxygen atoms in total. The summed E-state index contributed by atoms with van der Waals surface area (Å²) in [6.07, 6.45) is 25.0. The molecule has 1 saturated heterocycles. The van der Waals surface area contributed by atoms with E-state index in [1.165, 1.54) is 70.6 Å². The molecule has 1 rings (SSSR count). The van der Waals surface area contributed by atoms with Gasteiger partial charge in [-0.2, -0.15) is 8.42 Å². The summed E-state index contributed by atoms with van der Waals surface area (Å²) in [5, 5.41) is 30.6. The summed E-state index contributed by atoms with van der Waals surface area (Å²) in [5.41, 5.74) is 0. The molecule has 53 heavy (non-hydrogen) atoms. The van der Waals surface area contributed by atoms with Crippen LogP contribution in [0.25, 0.3) is 0 Å². The predicted molar refractivity (Wildman–Crippen MR) is 207 cm³/mol. The molecule has 1 aliphatic rings. The van der Waals surface area contributed by atoms with Crippen molar-refractivity contribution in [3.05, 3.63) is 24.3 Å². The third-order valence-electron chi connectivity index (χ3n) is 9.31. The van der Waals surface area contributed by atoms with Gasteiger partial charge in [-0.15, -0.1) is 0 Å². The van der Waals surface area contributed by atoms with Crippen LogP contribution in [0.5, 0.6) is 0 Å². The average Bonchev–Trinajstić information content (AvgIpc) is 3.12. The lowest BCUT2D eigenvalue weighted by molar-refractivity contribution is -0.301. The van der Waals surface area contributed by atoms with E-state index in [0.717, 1.165) is 64.2 Å². The molecule has 1 aliphatic heterocycles. The van der Waals surface area contributed by atoms with E-state index < -0.39 is 59.8 Å². The summed E-state index contributed by atoms with van der Waals surface area (Å²) in [5.74, 6) is -0.413. The van der Waals surface area contributed by atoms with Gasteiger partial charge in [-0.1, -0.05) is 141 Å². The van der Waals surface area contributed by atoms with Crippen LogP contribution in [-0.2, 0) is 38.3 Å². The Bertz CT molecular complexity index is 1040. The Balaban J connectivity index is 2.49. The van der Waals surface area contributed by atoms with Crippen LogP contribution in [0.4, 0.5) is 0 Å². The molecule has 0 aliphatic carbocycles. The average molecular weight is 779 g/mol. The number of carbonyl (C=O) groups is 1. The maximum Gasteiger partial charge on any atom is 0.397 e. The minimum atomic E-state index is -5.06. The van der Waals surface area contributed by atoms with Crippen molar-refractivity contribution >= 4 is 16.4 Å². The van der Waals surface area contributed by atoms with Crippen molar-refractivity contribution in [1.82, 2.24) is 0 Å². The maximum atomic E-state index is 12.8. The van der Waals surface area contributed by atoms with Gasteiger partial charge >= 0.3 is 16.4 Å². The fourth-order valence-corrected chi connectivity index (χ4v) is 6.69. The second kappa shape index (κ2) is 32.8. The number of carbonyl (C=O) groups excluding carboxylic acids is 1. The molecule has 0 radical (unpaired) electrons. The van der Waals surface area contributed by atoms with Gasteiger partial charge in [0.2, 0.25) is 0 Å². The molecular formula is C40H74O12S. The Kier molecular flexibility index (Phi) is 30.7. The highest BCUT2D eigenvalue weighted by atomic mass is 32.3. The lowest BCUT2D eigenvalue weighted by Crippen LogP contribution is -2.60. The van der Waals surface area contributed by atoms with E-state index in [4.69, 9.17) is 23.5 Å². The van der Waals surface area contributed by atoms with Gasteiger partial charge in [0.15, 0.2) is 6.29 Å². The molecule has 1 heterocycles. The first kappa shape index (κ1) is 49.6. The first-order valence-corrected chi connectivity index (χ1v) is 22.0. The van der Waals surface area contributed by atoms with Crippen LogP contribution in [0, 0.1) is 0 Å². The van der Waals surface area contributed by atoms with Gasteiger partial charge in [-0.05, 0) is 38.5 Å². The zero-order chi connectivity index (χ0) is 39.0. The molecule has 0 aromatic carbocycles. The molecular weight excluding hydrogens is 704 g/mol. The first-order chi connectivity index (χ1) is 25.6. The van der Waals surface area contributed by atoms with Crippen LogP contribution in [0.3, 0.4) is 0 Å². The number of esters is 1. The summed E-state index contributed by atoms with van der Waals surface area (Å²) in [6.45, 7) is 3.90. The number of hydrogen-bond acceptors (Lipinski definition) is 11. The maximum absolute atomic E-state index is 12.8. The Labute approximate surface area is 321 Å². The SMILES string of the molecule is CCC/C=C\C/C=C\CCCCCCCC(=O)OC(COCCCCCCCCCCCCCCC)COC1OC(CO)C(O)C(OS(=O)(=O)O)C1O. The largest absolute Gasteiger partial charge is 0.457 e. The molecule has 6 unspecified atom stereocenters. The van der Waals surface area contributed by atoms with Crippen LogP contribution in [0.1, 0.15) is 162 Å². The van der Waals surface area contributed by atoms with Crippen LogP contribution < -0.4 is 0 Å². The molecule has 0 amide bonds. The summed E-state index contributed by atoms with van der Waals surface area (Å²) >= 11 is 0. The second-order valence-corrected chi connectivity index (χ2v) is 15.3. The van der Waals surface area contributed by atoms with Gasteiger partial charge in [-0.25, -0.2) is 4.18 Å². The summed E-state index contributed by atoms with van der Waals surface area (Å²) in [7, 11) is -5.06. The van der Waals surface area contributed by atoms with E-state index in [1.54, 1.807) is 0 Å². The lowest BCUT2D eigenvalue weighted by Gasteiger charge is -2.41. The fourth-order valence-electron chi connectivity index (χ4n) is 6.18. The molecule has 6 atom stereocenters. The minimum Gasteiger partial charge on any atom is -0.457 e. The summed E-state index contributed by atoms with van der Waals surface area (Å²) < 4.78 is 58.8. The van der Waals surface area contributed by atoms with E-state index in [1.807, 2.05) is 0 Å². The van der Waals surface area contributed by atoms with Gasteiger partial charge < -0.3 is 34.3 Å². The number of aliphatic hydroxyl groups excluding tert-OH is 3. The van der Waals surface area contributed by atoms with Crippen molar-refractivity contribution in [3.8, 4) is 0 Å². The molecule has 0 bridgehead atoms. The van der Waals surface area contributed by atoms with Crippen LogP contribution >= 0.6 is 0 Å². The van der Waals surface area contributed by atoms with Crippen LogP contribution in [0.2, 0.25) is 0 Å². The monoisotopic (exact) mass is 778 g/mol. The topological polar surface area (TPSA) is 178 Å². The third-order valence-corrected chi connectivity index (χ3v) is 9.77. The zero-order valence-corrected chi connectivity index (χ0v) is 33.6. The highest BCUT2D eigenvalue weighted by Crippen LogP contribution is 2.26. The highest BCUT2D eigenvalue weighted by Gasteiger charge is 2.48. The molecule has 0 aromatic heterocycles. The quantitative estimate of drug-likeness (QED) is 0.0214. The predicted octanol–water partition coefficient (Wildman–Crippen LogP) is 7.68. The first-order valence-electron chi connectivity index (χ1n) is 20.6. The number of aliphatic hydroxyl groups is 3. The van der Waals surface area contributed by atoms with Crippen LogP contribution in [0.15, 0.2) is 24.3 Å². The summed E-state index contributed by atoms with van der Waals surface area (Å²) in [6, 6.07) is 0. The minimum absolute atomic E-state index is 0.0335. The lowest BCUT2D eigenvalue weighted by atomic mass is 9.99. The van der Waals surface area contributed by atoms with Gasteiger partial charge in [0, 0.05) is 13.0 Å². The highest BCUT2D eigenvalue weighted by molar-refractivity contribution is 7.80. The van der Waals surface area contributed by atoms with E-state index in [2.05, 4.69) is 42.3 Å². The smallest absolute Gasteiger partial charge is 0.397 e. The second-order valence-electron chi connectivity index (χ2n) is 14.2. The number of allylic oxidation sites excluding steroid dienone is 4. The fraction of sp³-hybridized carbons (Fsp3) is 0.875. The zero-order valence-electron chi connectivity index (χ0n) is 32.8. The molecule has 4 N–H and O–H groups in total. The van der Waals surface area contributed by atoms with Crippen LogP contribution in [-0.4, -0.2) is 97.5 Å². The molecule has 0 saturated carbocycles. The Morgan fingerprint density at radius 3 is 1.87 bits per heavy atom. The Morgan fingerprint density at radius 2 is 1.28 bits per heavy atom. The normalized spacial score (nSPS) is 21.5. The Morgan fingerprint density at radius 1 is 0.717 bits per heavy atom. The third kappa shape index (κ3) is 26.9. The van der Waals surface area contributed by atoms with Gasteiger partial charge in [0.25, 0.3) is 0 Å². The number of unbranched alkanes of at least 4 members (excludes halogenated alkanes) is 18. The standard InChI is InChI=1S/C40H74O12S/c1-3-5-7-9-11-13-15-17-19-21-23-25-27-29-36(42)50-34(32-48-30-28-26-24-22-20-18-16-14-12-10-8-6-4-2)33-49-40-38(44)39(52-53(45,46)47)37(43)35(31-41)51-40/h7,9,13,15,34-35,37-41,43-44H,3-6,8,10-12,14,16-33H2,1-2H3,(H,45,46,47)/b9-7-,15-13-. The van der Waals surface area contributed by atoms with E-state index in [-0.39, 0.29) is 19.6 Å². The number of rotatable bonds is 35. The van der Waals surface area contributed by atoms with Crippen molar-refractivity contribution < 1.29 is 56.2 Å². The van der Waals surface area contributed by atoms with E-state index in [0.29, 0.717) is 13.0 Å². The number of hydrogen-bond donors (Lipinski definition) is 4. The van der Waals surface area contributed by atoms with E-state index in [9.17, 15) is 28.5 Å². The Hall–Kier alpha value is -1.42. The van der Waals surface area contributed by atoms with Gasteiger partial charge in [-0.3, -0.25) is 9.35 Å². The van der Waals surface area contributed by atoms with Crippen molar-refractivity contribution in [3.63, 3.8) is 0 Å². The van der Waals surface area contributed by atoms with Crippen molar-refractivity contribution in [1.29, 1.82) is 0 Å². The molecule has 1 fully saturated rings. The molecule has 312 valence electrons. The van der Waals surface area contributed by atoms with Crippen molar-refractivity contribution in [2.45, 2.75) is 198 Å².